The highest BCUT2D eigenvalue weighted by Crippen LogP contribution is 2.37. The quantitative estimate of drug-likeness (QED) is 0.898. The van der Waals surface area contributed by atoms with Gasteiger partial charge >= 0.3 is 5.97 Å². The summed E-state index contributed by atoms with van der Waals surface area (Å²) in [5, 5.41) is 10.5. The van der Waals surface area contributed by atoms with Crippen LogP contribution in [-0.4, -0.2) is 36.9 Å². The van der Waals surface area contributed by atoms with Crippen molar-refractivity contribution < 1.29 is 18.3 Å². The van der Waals surface area contributed by atoms with Gasteiger partial charge in [-0.25, -0.2) is 13.2 Å². The lowest BCUT2D eigenvalue weighted by Gasteiger charge is -2.23. The average Bonchev–Trinajstić information content (AvgIpc) is 3.02. The first-order valence-electron chi connectivity index (χ1n) is 5.64. The van der Waals surface area contributed by atoms with Gasteiger partial charge in [-0.15, -0.1) is 11.3 Å². The summed E-state index contributed by atoms with van der Waals surface area (Å²) >= 11 is 0.932. The monoisotopic (exact) mass is 289 g/mol. The van der Waals surface area contributed by atoms with Crippen molar-refractivity contribution in [2.45, 2.75) is 30.7 Å². The van der Waals surface area contributed by atoms with Crippen LogP contribution in [0.4, 0.5) is 0 Å². The second kappa shape index (κ2) is 4.64. The van der Waals surface area contributed by atoms with Crippen LogP contribution in [0.1, 0.15) is 29.4 Å². The Bertz CT molecular complexity index is 559. The summed E-state index contributed by atoms with van der Waals surface area (Å²) in [5.74, 6) is -0.798. The van der Waals surface area contributed by atoms with E-state index in [1.54, 1.807) is 0 Å². The van der Waals surface area contributed by atoms with E-state index in [-0.39, 0.29) is 15.8 Å². The van der Waals surface area contributed by atoms with Crippen molar-refractivity contribution in [1.29, 1.82) is 0 Å². The summed E-state index contributed by atoms with van der Waals surface area (Å²) < 4.78 is 26.0. The molecule has 0 spiro atoms. The van der Waals surface area contributed by atoms with Crippen LogP contribution < -0.4 is 0 Å². The lowest BCUT2D eigenvalue weighted by Crippen LogP contribution is -2.36. The van der Waals surface area contributed by atoms with Gasteiger partial charge in [0, 0.05) is 13.1 Å². The molecule has 1 unspecified atom stereocenters. The predicted octanol–water partition coefficient (Wildman–Crippen LogP) is 1.87. The van der Waals surface area contributed by atoms with Crippen LogP contribution in [-0.2, 0) is 10.0 Å². The molecule has 0 radical (unpaired) electrons. The van der Waals surface area contributed by atoms with Crippen molar-refractivity contribution in [2.24, 2.45) is 5.92 Å². The number of carbonyl (C=O) groups is 1. The number of rotatable bonds is 5. The molecule has 2 rings (SSSR count). The number of aromatic carboxylic acids is 1. The Morgan fingerprint density at radius 2 is 2.17 bits per heavy atom. The maximum absolute atomic E-state index is 12.4. The number of carboxylic acids is 1. The van der Waals surface area contributed by atoms with Crippen molar-refractivity contribution in [3.8, 4) is 0 Å². The summed E-state index contributed by atoms with van der Waals surface area (Å²) in [6.45, 7) is 1.86. The zero-order chi connectivity index (χ0) is 13.5. The number of nitrogens with zero attached hydrogens (tertiary/aromatic N) is 1. The van der Waals surface area contributed by atoms with E-state index < -0.39 is 16.0 Å². The zero-order valence-electron chi connectivity index (χ0n) is 10.2. The Hall–Kier alpha value is -0.920. The highest BCUT2D eigenvalue weighted by Gasteiger charge is 2.37. The molecule has 1 fully saturated rings. The Balaban J connectivity index is 2.35. The van der Waals surface area contributed by atoms with Crippen LogP contribution in [0.3, 0.4) is 0 Å². The van der Waals surface area contributed by atoms with Gasteiger partial charge in [-0.3, -0.25) is 0 Å². The van der Waals surface area contributed by atoms with E-state index in [2.05, 4.69) is 0 Å². The summed E-state index contributed by atoms with van der Waals surface area (Å²) in [6, 6.07) is 1.27. The van der Waals surface area contributed by atoms with Crippen molar-refractivity contribution in [2.75, 3.05) is 7.05 Å². The molecular weight excluding hydrogens is 274 g/mol. The van der Waals surface area contributed by atoms with E-state index in [4.69, 9.17) is 5.11 Å². The maximum Gasteiger partial charge on any atom is 0.347 e. The number of sulfonamides is 1. The van der Waals surface area contributed by atoms with Crippen molar-refractivity contribution in [3.05, 3.63) is 16.3 Å². The molecule has 18 heavy (non-hydrogen) atoms. The first-order chi connectivity index (χ1) is 8.35. The fourth-order valence-corrected chi connectivity index (χ4v) is 4.56. The number of carboxylic acid groups (broad SMARTS) is 1. The number of hydrogen-bond acceptors (Lipinski definition) is 4. The van der Waals surface area contributed by atoms with Gasteiger partial charge < -0.3 is 5.11 Å². The van der Waals surface area contributed by atoms with Crippen LogP contribution in [0.25, 0.3) is 0 Å². The Labute approximate surface area is 110 Å². The third-order valence-electron chi connectivity index (χ3n) is 3.36. The minimum Gasteiger partial charge on any atom is -0.477 e. The van der Waals surface area contributed by atoms with Crippen molar-refractivity contribution >= 4 is 27.3 Å². The molecule has 1 aliphatic rings. The fourth-order valence-electron chi connectivity index (χ4n) is 1.91. The molecule has 5 nitrogen and oxygen atoms in total. The molecule has 0 aromatic carbocycles. The molecule has 0 amide bonds. The summed E-state index contributed by atoms with van der Waals surface area (Å²) in [6.07, 6.45) is 2.08. The molecule has 1 aromatic heterocycles. The van der Waals surface area contributed by atoms with E-state index in [1.807, 2.05) is 6.92 Å². The van der Waals surface area contributed by atoms with E-state index in [0.717, 1.165) is 24.2 Å². The highest BCUT2D eigenvalue weighted by molar-refractivity contribution is 7.89. The molecule has 0 saturated heterocycles. The van der Waals surface area contributed by atoms with Gasteiger partial charge in [0.25, 0.3) is 0 Å². The highest BCUT2D eigenvalue weighted by atomic mass is 32.2. The molecule has 1 heterocycles. The molecule has 100 valence electrons. The van der Waals surface area contributed by atoms with Gasteiger partial charge in [0.05, 0.1) is 0 Å². The second-order valence-corrected chi connectivity index (χ2v) is 7.40. The molecule has 1 atom stereocenters. The van der Waals surface area contributed by atoms with Crippen LogP contribution >= 0.6 is 11.3 Å². The molecule has 1 saturated carbocycles. The van der Waals surface area contributed by atoms with Crippen LogP contribution in [0.5, 0.6) is 0 Å². The van der Waals surface area contributed by atoms with Crippen LogP contribution in [0, 0.1) is 5.92 Å². The van der Waals surface area contributed by atoms with E-state index in [9.17, 15) is 13.2 Å². The normalized spacial score (nSPS) is 17.9. The minimum absolute atomic E-state index is 0.0865. The van der Waals surface area contributed by atoms with E-state index >= 15 is 0 Å². The van der Waals surface area contributed by atoms with Crippen LogP contribution in [0.2, 0.25) is 0 Å². The predicted molar refractivity (Wildman–Crippen MR) is 68.4 cm³/mol. The first kappa shape index (κ1) is 13.5. The average molecular weight is 289 g/mol. The van der Waals surface area contributed by atoms with E-state index in [1.165, 1.54) is 22.8 Å². The first-order valence-corrected chi connectivity index (χ1v) is 7.96. The van der Waals surface area contributed by atoms with Gasteiger partial charge in [-0.2, -0.15) is 4.31 Å². The Morgan fingerprint density at radius 3 is 2.67 bits per heavy atom. The second-order valence-electron chi connectivity index (χ2n) is 4.52. The molecular formula is C11H15NO4S2. The third kappa shape index (κ3) is 2.30. The summed E-state index contributed by atoms with van der Waals surface area (Å²) in [4.78, 5) is 10.8. The molecule has 1 aliphatic carbocycles. The van der Waals surface area contributed by atoms with Gasteiger partial charge in [-0.05, 0) is 37.1 Å². The summed E-state index contributed by atoms with van der Waals surface area (Å²) in [7, 11) is -2.20. The third-order valence-corrected chi connectivity index (χ3v) is 6.38. The van der Waals surface area contributed by atoms with Gasteiger partial charge in [0.1, 0.15) is 9.77 Å². The van der Waals surface area contributed by atoms with Gasteiger partial charge in [0.15, 0.2) is 0 Å². The molecule has 1 N–H and O–H groups in total. The smallest absolute Gasteiger partial charge is 0.347 e. The van der Waals surface area contributed by atoms with Gasteiger partial charge in [-0.1, -0.05) is 0 Å². The SMILES string of the molecule is CC(C1CC1)N(C)S(=O)(=O)c1ccsc1C(=O)O. The van der Waals surface area contributed by atoms with Crippen LogP contribution in [0.15, 0.2) is 16.3 Å². The molecule has 7 heteroatoms. The lowest BCUT2D eigenvalue weighted by molar-refractivity contribution is 0.0698. The number of thiophene rings is 1. The van der Waals surface area contributed by atoms with Crippen molar-refractivity contribution in [3.63, 3.8) is 0 Å². The minimum atomic E-state index is -3.71. The fraction of sp³-hybridized carbons (Fsp3) is 0.545. The standard InChI is InChI=1S/C11H15NO4S2/c1-7(8-3-4-8)12(2)18(15,16)9-5-6-17-10(9)11(13)14/h5-8H,3-4H2,1-2H3,(H,13,14). The Kier molecular flexibility index (Phi) is 3.48. The number of hydrogen-bond donors (Lipinski definition) is 1. The molecule has 0 aliphatic heterocycles. The lowest BCUT2D eigenvalue weighted by atomic mass is 10.2. The largest absolute Gasteiger partial charge is 0.477 e. The molecule has 1 aromatic rings. The molecule has 0 bridgehead atoms. The topological polar surface area (TPSA) is 74.7 Å². The van der Waals surface area contributed by atoms with Gasteiger partial charge in [0.2, 0.25) is 10.0 Å². The van der Waals surface area contributed by atoms with Crippen molar-refractivity contribution in [1.82, 2.24) is 4.31 Å². The summed E-state index contributed by atoms with van der Waals surface area (Å²) in [5.41, 5.74) is 0. The maximum atomic E-state index is 12.4. The van der Waals surface area contributed by atoms with E-state index in [0.29, 0.717) is 5.92 Å². The Morgan fingerprint density at radius 1 is 1.56 bits per heavy atom. The zero-order valence-corrected chi connectivity index (χ0v) is 11.8.